The standard InChI is InChI=1S/C12H22N4O/c1-9(2)6-12-14-11(15-17-12)8-16-5-3-4-10(13)7-16/h9-10H,3-8,13H2,1-2H3. The molecule has 1 aliphatic rings. The molecule has 2 heterocycles. The molecule has 0 aromatic carbocycles. The van der Waals surface area contributed by atoms with E-state index in [-0.39, 0.29) is 0 Å². The number of aromatic nitrogens is 2. The molecule has 0 spiro atoms. The van der Waals surface area contributed by atoms with Gasteiger partial charge in [-0.05, 0) is 25.3 Å². The fourth-order valence-corrected chi connectivity index (χ4v) is 2.22. The van der Waals surface area contributed by atoms with E-state index in [4.69, 9.17) is 10.3 Å². The van der Waals surface area contributed by atoms with Gasteiger partial charge in [0.2, 0.25) is 5.89 Å². The van der Waals surface area contributed by atoms with Crippen LogP contribution in [-0.2, 0) is 13.0 Å². The van der Waals surface area contributed by atoms with Crippen molar-refractivity contribution in [2.45, 2.75) is 45.7 Å². The van der Waals surface area contributed by atoms with Gasteiger partial charge in [0.15, 0.2) is 5.82 Å². The molecule has 1 fully saturated rings. The molecule has 5 heteroatoms. The normalized spacial score (nSPS) is 22.2. The van der Waals surface area contributed by atoms with E-state index in [0.29, 0.717) is 12.0 Å². The van der Waals surface area contributed by atoms with Crippen LogP contribution in [0, 0.1) is 5.92 Å². The maximum Gasteiger partial charge on any atom is 0.226 e. The summed E-state index contributed by atoms with van der Waals surface area (Å²) in [6.07, 6.45) is 3.14. The van der Waals surface area contributed by atoms with Crippen LogP contribution in [0.3, 0.4) is 0 Å². The number of rotatable bonds is 4. The van der Waals surface area contributed by atoms with Crippen molar-refractivity contribution in [2.24, 2.45) is 11.7 Å². The zero-order valence-electron chi connectivity index (χ0n) is 10.7. The number of nitrogens with zero attached hydrogens (tertiary/aromatic N) is 3. The lowest BCUT2D eigenvalue weighted by atomic mass is 10.1. The first kappa shape index (κ1) is 12.5. The lowest BCUT2D eigenvalue weighted by Gasteiger charge is -2.29. The highest BCUT2D eigenvalue weighted by Crippen LogP contribution is 2.12. The van der Waals surface area contributed by atoms with Gasteiger partial charge in [0.25, 0.3) is 0 Å². The summed E-state index contributed by atoms with van der Waals surface area (Å²) in [5.74, 6) is 2.08. The second kappa shape index (κ2) is 5.60. The van der Waals surface area contributed by atoms with Crippen LogP contribution in [-0.4, -0.2) is 34.2 Å². The molecule has 2 rings (SSSR count). The zero-order chi connectivity index (χ0) is 12.3. The lowest BCUT2D eigenvalue weighted by Crippen LogP contribution is -2.42. The van der Waals surface area contributed by atoms with Crippen molar-refractivity contribution < 1.29 is 4.52 Å². The smallest absolute Gasteiger partial charge is 0.226 e. The summed E-state index contributed by atoms with van der Waals surface area (Å²) in [5.41, 5.74) is 5.94. The third-order valence-corrected chi connectivity index (χ3v) is 3.00. The van der Waals surface area contributed by atoms with E-state index < -0.39 is 0 Å². The summed E-state index contributed by atoms with van der Waals surface area (Å²) >= 11 is 0. The highest BCUT2D eigenvalue weighted by molar-refractivity contribution is 4.88. The summed E-state index contributed by atoms with van der Waals surface area (Å²) in [4.78, 5) is 6.71. The largest absolute Gasteiger partial charge is 0.339 e. The average molecular weight is 238 g/mol. The van der Waals surface area contributed by atoms with Crippen LogP contribution in [0.25, 0.3) is 0 Å². The molecule has 96 valence electrons. The molecule has 0 saturated carbocycles. The molecular formula is C12H22N4O. The molecule has 1 saturated heterocycles. The quantitative estimate of drug-likeness (QED) is 0.853. The Labute approximate surface area is 102 Å². The molecule has 5 nitrogen and oxygen atoms in total. The fraction of sp³-hybridized carbons (Fsp3) is 0.833. The third kappa shape index (κ3) is 3.78. The minimum Gasteiger partial charge on any atom is -0.339 e. The van der Waals surface area contributed by atoms with Gasteiger partial charge in [-0.15, -0.1) is 0 Å². The van der Waals surface area contributed by atoms with Crippen molar-refractivity contribution in [3.63, 3.8) is 0 Å². The summed E-state index contributed by atoms with van der Waals surface area (Å²) < 4.78 is 5.22. The van der Waals surface area contributed by atoms with E-state index in [0.717, 1.165) is 50.6 Å². The Hall–Kier alpha value is -0.940. The Bertz CT molecular complexity index is 350. The molecular weight excluding hydrogens is 216 g/mol. The highest BCUT2D eigenvalue weighted by Gasteiger charge is 2.18. The van der Waals surface area contributed by atoms with Crippen LogP contribution < -0.4 is 5.73 Å². The third-order valence-electron chi connectivity index (χ3n) is 3.00. The number of hydrogen-bond donors (Lipinski definition) is 1. The molecule has 2 N–H and O–H groups in total. The summed E-state index contributed by atoms with van der Waals surface area (Å²) in [6, 6.07) is 0.297. The molecule has 1 aliphatic heterocycles. The maximum atomic E-state index is 5.94. The molecule has 0 bridgehead atoms. The van der Waals surface area contributed by atoms with Crippen molar-refractivity contribution in [1.82, 2.24) is 15.0 Å². The van der Waals surface area contributed by atoms with Crippen LogP contribution in [0.1, 0.15) is 38.4 Å². The summed E-state index contributed by atoms with van der Waals surface area (Å²) in [6.45, 7) is 7.08. The summed E-state index contributed by atoms with van der Waals surface area (Å²) in [7, 11) is 0. The van der Waals surface area contributed by atoms with E-state index in [1.165, 1.54) is 0 Å². The first-order valence-corrected chi connectivity index (χ1v) is 6.43. The van der Waals surface area contributed by atoms with E-state index in [1.807, 2.05) is 0 Å². The van der Waals surface area contributed by atoms with Gasteiger partial charge in [-0.1, -0.05) is 19.0 Å². The average Bonchev–Trinajstić information content (AvgIpc) is 2.64. The number of likely N-dealkylation sites (tertiary alicyclic amines) is 1. The Morgan fingerprint density at radius 2 is 2.35 bits per heavy atom. The van der Waals surface area contributed by atoms with E-state index in [1.54, 1.807) is 0 Å². The van der Waals surface area contributed by atoms with E-state index in [2.05, 4.69) is 28.9 Å². The first-order valence-electron chi connectivity index (χ1n) is 6.43. The Kier molecular flexibility index (Phi) is 4.12. The zero-order valence-corrected chi connectivity index (χ0v) is 10.7. The topological polar surface area (TPSA) is 68.2 Å². The Morgan fingerprint density at radius 3 is 3.06 bits per heavy atom. The highest BCUT2D eigenvalue weighted by atomic mass is 16.5. The molecule has 1 unspecified atom stereocenters. The molecule has 1 aromatic heterocycles. The predicted molar refractivity (Wildman–Crippen MR) is 65.3 cm³/mol. The molecule has 0 amide bonds. The second-order valence-corrected chi connectivity index (χ2v) is 5.34. The van der Waals surface area contributed by atoms with Gasteiger partial charge in [0, 0.05) is 19.0 Å². The molecule has 0 radical (unpaired) electrons. The number of nitrogens with two attached hydrogens (primary N) is 1. The molecule has 17 heavy (non-hydrogen) atoms. The van der Waals surface area contributed by atoms with Crippen LogP contribution >= 0.6 is 0 Å². The van der Waals surface area contributed by atoms with Crippen molar-refractivity contribution >= 4 is 0 Å². The van der Waals surface area contributed by atoms with Crippen molar-refractivity contribution in [3.05, 3.63) is 11.7 Å². The van der Waals surface area contributed by atoms with Gasteiger partial charge in [-0.3, -0.25) is 4.90 Å². The minimum absolute atomic E-state index is 0.297. The first-order chi connectivity index (χ1) is 8.13. The van der Waals surface area contributed by atoms with Crippen LogP contribution in [0.4, 0.5) is 0 Å². The maximum absolute atomic E-state index is 5.94. The second-order valence-electron chi connectivity index (χ2n) is 5.34. The van der Waals surface area contributed by atoms with Crippen LogP contribution in [0.15, 0.2) is 4.52 Å². The van der Waals surface area contributed by atoms with Gasteiger partial charge in [-0.2, -0.15) is 4.98 Å². The van der Waals surface area contributed by atoms with E-state index >= 15 is 0 Å². The van der Waals surface area contributed by atoms with Gasteiger partial charge < -0.3 is 10.3 Å². The monoisotopic (exact) mass is 238 g/mol. The van der Waals surface area contributed by atoms with Crippen molar-refractivity contribution in [1.29, 1.82) is 0 Å². The van der Waals surface area contributed by atoms with Gasteiger partial charge in [0.1, 0.15) is 0 Å². The number of piperidine rings is 1. The summed E-state index contributed by atoms with van der Waals surface area (Å²) in [5, 5.41) is 4.02. The number of hydrogen-bond acceptors (Lipinski definition) is 5. The van der Waals surface area contributed by atoms with Crippen molar-refractivity contribution in [2.75, 3.05) is 13.1 Å². The van der Waals surface area contributed by atoms with Crippen LogP contribution in [0.2, 0.25) is 0 Å². The molecule has 1 aromatic rings. The predicted octanol–water partition coefficient (Wildman–Crippen LogP) is 1.19. The SMILES string of the molecule is CC(C)Cc1nc(CN2CCCC(N)C2)no1. The van der Waals surface area contributed by atoms with Crippen LogP contribution in [0.5, 0.6) is 0 Å². The van der Waals surface area contributed by atoms with E-state index in [9.17, 15) is 0 Å². The minimum atomic E-state index is 0.297. The van der Waals surface area contributed by atoms with Gasteiger partial charge in [0.05, 0.1) is 6.54 Å². The fourth-order valence-electron chi connectivity index (χ4n) is 2.22. The van der Waals surface area contributed by atoms with Crippen molar-refractivity contribution in [3.8, 4) is 0 Å². The van der Waals surface area contributed by atoms with Gasteiger partial charge in [-0.25, -0.2) is 0 Å². The lowest BCUT2D eigenvalue weighted by molar-refractivity contribution is 0.195. The Morgan fingerprint density at radius 1 is 1.53 bits per heavy atom. The molecule has 1 atom stereocenters. The molecule has 0 aliphatic carbocycles. The Balaban J connectivity index is 1.87. The van der Waals surface area contributed by atoms with Gasteiger partial charge >= 0.3 is 0 Å².